The molecule has 2 aromatic rings. The third-order valence-electron chi connectivity index (χ3n) is 8.91. The lowest BCUT2D eigenvalue weighted by molar-refractivity contribution is -0.128. The standard InChI is InChI=1S/C34H34F3N5O5/c1-20-4-5-22(23(11-20)13-30(43)40-24-16-34(36,37)17-24)3-2-10-41(25-14-26(35)32-28(15-25)46-19-47-32)33(45)27-6-7-31(44)42(27)29-12-21(18-38)8-9-39-29/h4-5,8-9,12,14-15,20,24,27H,2-3,6-7,10-11,13,16-17,19H2,1H3,(H,40,43)/t20?,27-/m0/s1. The van der Waals surface area contributed by atoms with Crippen LogP contribution in [0.25, 0.3) is 0 Å². The third-order valence-corrected chi connectivity index (χ3v) is 8.91. The van der Waals surface area contributed by atoms with E-state index in [4.69, 9.17) is 9.47 Å². The SMILES string of the molecule is CC1C=CC(CCCN(C(=O)[C@@H]2CCC(=O)N2c2cc(C#N)ccn2)c2cc(F)c3c(c2)OCO3)=C(CC(=O)NC2CC(F)(F)C2)C1. The minimum Gasteiger partial charge on any atom is -0.453 e. The predicted octanol–water partition coefficient (Wildman–Crippen LogP) is 5.33. The molecular weight excluding hydrogens is 615 g/mol. The fourth-order valence-corrected chi connectivity index (χ4v) is 6.58. The summed E-state index contributed by atoms with van der Waals surface area (Å²) >= 11 is 0. The fraction of sp³-hybridized carbons (Fsp3) is 0.441. The molecule has 0 spiro atoms. The Hall–Kier alpha value is -4.86. The Labute approximate surface area is 269 Å². The van der Waals surface area contributed by atoms with E-state index in [0.717, 1.165) is 11.1 Å². The van der Waals surface area contributed by atoms with E-state index in [9.17, 15) is 28.4 Å². The van der Waals surface area contributed by atoms with E-state index < -0.39 is 29.7 Å². The summed E-state index contributed by atoms with van der Waals surface area (Å²) in [6.45, 7) is 2.02. The van der Waals surface area contributed by atoms with E-state index in [0.29, 0.717) is 19.3 Å². The number of nitrogens with zero attached hydrogens (tertiary/aromatic N) is 4. The number of hydrogen-bond acceptors (Lipinski definition) is 7. The Balaban J connectivity index is 1.22. The van der Waals surface area contributed by atoms with Crippen molar-refractivity contribution in [1.29, 1.82) is 5.26 Å². The maximum atomic E-state index is 15.1. The fourth-order valence-electron chi connectivity index (χ4n) is 6.58. The number of rotatable bonds is 10. The molecule has 1 N–H and O–H groups in total. The Morgan fingerprint density at radius 2 is 2.04 bits per heavy atom. The monoisotopic (exact) mass is 649 g/mol. The molecule has 3 heterocycles. The number of ether oxygens (including phenoxy) is 2. The summed E-state index contributed by atoms with van der Waals surface area (Å²) in [7, 11) is 0. The first-order valence-corrected chi connectivity index (χ1v) is 15.7. The molecule has 0 bridgehead atoms. The van der Waals surface area contributed by atoms with Gasteiger partial charge in [0.15, 0.2) is 11.6 Å². The quantitative estimate of drug-likeness (QED) is 0.369. The number of fused-ring (bicyclic) bond motifs is 1. The van der Waals surface area contributed by atoms with Gasteiger partial charge in [-0.15, -0.1) is 0 Å². The number of anilines is 2. The molecule has 1 saturated carbocycles. The summed E-state index contributed by atoms with van der Waals surface area (Å²) in [6.07, 6.45) is 6.66. The largest absolute Gasteiger partial charge is 0.453 e. The van der Waals surface area contributed by atoms with Gasteiger partial charge < -0.3 is 19.7 Å². The van der Waals surface area contributed by atoms with E-state index in [1.165, 1.54) is 40.3 Å². The average molecular weight is 650 g/mol. The lowest BCUT2D eigenvalue weighted by Gasteiger charge is -2.35. The van der Waals surface area contributed by atoms with Gasteiger partial charge in [0.25, 0.3) is 5.92 Å². The van der Waals surface area contributed by atoms with Gasteiger partial charge in [-0.2, -0.15) is 5.26 Å². The van der Waals surface area contributed by atoms with Crippen molar-refractivity contribution in [3.05, 3.63) is 65.1 Å². The maximum Gasteiger partial charge on any atom is 0.252 e. The van der Waals surface area contributed by atoms with Gasteiger partial charge in [-0.3, -0.25) is 19.3 Å². The van der Waals surface area contributed by atoms with E-state index in [2.05, 4.69) is 10.3 Å². The van der Waals surface area contributed by atoms with Crippen molar-refractivity contribution in [2.75, 3.05) is 23.1 Å². The minimum atomic E-state index is -2.73. The number of alkyl halides is 2. The van der Waals surface area contributed by atoms with Crippen LogP contribution >= 0.6 is 0 Å². The summed E-state index contributed by atoms with van der Waals surface area (Å²) in [5, 5.41) is 12.1. The van der Waals surface area contributed by atoms with Crippen LogP contribution in [0.15, 0.2) is 53.8 Å². The van der Waals surface area contributed by atoms with Gasteiger partial charge >= 0.3 is 0 Å². The first-order chi connectivity index (χ1) is 22.5. The van der Waals surface area contributed by atoms with Gasteiger partial charge in [0, 0.05) is 56.6 Å². The number of nitriles is 1. The summed E-state index contributed by atoms with van der Waals surface area (Å²) < 4.78 is 52.3. The number of benzene rings is 1. The third kappa shape index (κ3) is 6.96. The van der Waals surface area contributed by atoms with Crippen molar-refractivity contribution < 1.29 is 37.0 Å². The zero-order chi connectivity index (χ0) is 33.3. The normalized spacial score (nSPS) is 21.4. The molecule has 4 aliphatic rings. The highest BCUT2D eigenvalue weighted by atomic mass is 19.3. The zero-order valence-electron chi connectivity index (χ0n) is 25.8. The van der Waals surface area contributed by atoms with Crippen molar-refractivity contribution >= 4 is 29.2 Å². The van der Waals surface area contributed by atoms with Crippen LogP contribution in [-0.2, 0) is 14.4 Å². The molecule has 1 aromatic heterocycles. The van der Waals surface area contributed by atoms with Crippen LogP contribution in [0.4, 0.5) is 24.7 Å². The number of nitrogens with one attached hydrogen (secondary N) is 1. The van der Waals surface area contributed by atoms with Crippen LogP contribution in [0.2, 0.25) is 0 Å². The number of halogens is 3. The molecule has 3 amide bonds. The van der Waals surface area contributed by atoms with Crippen molar-refractivity contribution in [3.8, 4) is 17.6 Å². The first-order valence-electron chi connectivity index (χ1n) is 15.7. The molecule has 2 atom stereocenters. The Bertz CT molecular complexity index is 1700. The maximum absolute atomic E-state index is 15.1. The summed E-state index contributed by atoms with van der Waals surface area (Å²) in [4.78, 5) is 47.0. The van der Waals surface area contributed by atoms with E-state index in [1.807, 2.05) is 25.1 Å². The van der Waals surface area contributed by atoms with Crippen molar-refractivity contribution in [1.82, 2.24) is 10.3 Å². The van der Waals surface area contributed by atoms with Gasteiger partial charge in [-0.25, -0.2) is 18.2 Å². The second kappa shape index (κ2) is 13.1. The molecule has 47 heavy (non-hydrogen) atoms. The molecule has 10 nitrogen and oxygen atoms in total. The van der Waals surface area contributed by atoms with Gasteiger partial charge in [0.1, 0.15) is 11.9 Å². The smallest absolute Gasteiger partial charge is 0.252 e. The van der Waals surface area contributed by atoms with Crippen LogP contribution in [-0.4, -0.2) is 54.0 Å². The lowest BCUT2D eigenvalue weighted by atomic mass is 9.85. The van der Waals surface area contributed by atoms with Crippen LogP contribution in [0, 0.1) is 23.1 Å². The van der Waals surface area contributed by atoms with Crippen molar-refractivity contribution in [2.24, 2.45) is 5.92 Å². The van der Waals surface area contributed by atoms with Crippen LogP contribution in [0.1, 0.15) is 63.9 Å². The number of carbonyl (C=O) groups is 3. The van der Waals surface area contributed by atoms with Crippen molar-refractivity contribution in [3.63, 3.8) is 0 Å². The molecule has 6 rings (SSSR count). The molecule has 1 aromatic carbocycles. The average Bonchev–Trinajstić information content (AvgIpc) is 3.66. The molecule has 1 saturated heterocycles. The highest BCUT2D eigenvalue weighted by Crippen LogP contribution is 2.40. The predicted molar refractivity (Wildman–Crippen MR) is 164 cm³/mol. The molecule has 2 aliphatic carbocycles. The van der Waals surface area contributed by atoms with E-state index >= 15 is 4.39 Å². The number of hydrogen-bond donors (Lipinski definition) is 1. The molecule has 2 fully saturated rings. The Kier molecular flexibility index (Phi) is 8.94. The molecular formula is C34H34F3N5O5. The molecule has 13 heteroatoms. The zero-order valence-corrected chi connectivity index (χ0v) is 25.8. The van der Waals surface area contributed by atoms with Gasteiger partial charge in [0.2, 0.25) is 30.3 Å². The van der Waals surface area contributed by atoms with Crippen LogP contribution < -0.4 is 24.6 Å². The van der Waals surface area contributed by atoms with Crippen LogP contribution in [0.5, 0.6) is 11.5 Å². The number of aromatic nitrogens is 1. The molecule has 246 valence electrons. The topological polar surface area (TPSA) is 125 Å². The van der Waals surface area contributed by atoms with E-state index in [-0.39, 0.29) is 91.7 Å². The summed E-state index contributed by atoms with van der Waals surface area (Å²) in [5.41, 5.74) is 2.35. The highest BCUT2D eigenvalue weighted by Gasteiger charge is 2.46. The second-order valence-electron chi connectivity index (χ2n) is 12.5. The number of pyridine rings is 1. The number of allylic oxidation sites excluding steroid dienone is 3. The second-order valence-corrected chi connectivity index (χ2v) is 12.5. The first kappa shape index (κ1) is 32.1. The molecule has 1 unspecified atom stereocenters. The van der Waals surface area contributed by atoms with E-state index in [1.54, 1.807) is 0 Å². The lowest BCUT2D eigenvalue weighted by Crippen LogP contribution is -2.50. The Morgan fingerprint density at radius 1 is 1.23 bits per heavy atom. The van der Waals surface area contributed by atoms with Crippen molar-refractivity contribution in [2.45, 2.75) is 76.3 Å². The number of carbonyl (C=O) groups excluding carboxylic acids is 3. The Morgan fingerprint density at radius 3 is 2.81 bits per heavy atom. The van der Waals surface area contributed by atoms with Crippen LogP contribution in [0.3, 0.4) is 0 Å². The molecule has 2 aliphatic heterocycles. The number of amides is 3. The van der Waals surface area contributed by atoms with Gasteiger partial charge in [0.05, 0.1) is 17.3 Å². The minimum absolute atomic E-state index is 0.0449. The highest BCUT2D eigenvalue weighted by molar-refractivity contribution is 6.08. The molecule has 0 radical (unpaired) electrons. The van der Waals surface area contributed by atoms with Gasteiger partial charge in [-0.1, -0.05) is 24.6 Å². The summed E-state index contributed by atoms with van der Waals surface area (Å²) in [6, 6.07) is 6.23. The van der Waals surface area contributed by atoms with Gasteiger partial charge in [-0.05, 0) is 49.3 Å². The summed E-state index contributed by atoms with van der Waals surface area (Å²) in [5.74, 6) is -3.99.